The van der Waals surface area contributed by atoms with Gasteiger partial charge in [0.15, 0.2) is 5.76 Å². The number of hydrogen-bond donors (Lipinski definition) is 3. The number of nitrogens with zero attached hydrogens (tertiary/aromatic N) is 2. The third kappa shape index (κ3) is 6.92. The summed E-state index contributed by atoms with van der Waals surface area (Å²) < 4.78 is 31.9. The molecule has 10 nitrogen and oxygen atoms in total. The number of nitrogens with one attached hydrogen (secondary N) is 3. The van der Waals surface area contributed by atoms with Crippen LogP contribution in [-0.2, 0) is 16.6 Å². The molecule has 0 unspecified atom stereocenters. The summed E-state index contributed by atoms with van der Waals surface area (Å²) in [4.78, 5) is 26.5. The normalized spacial score (nSPS) is 11.2. The molecule has 0 aliphatic heterocycles. The predicted octanol–water partition coefficient (Wildman–Crippen LogP) is 1.39. The van der Waals surface area contributed by atoms with Crippen LogP contribution in [0.4, 0.5) is 0 Å². The summed E-state index contributed by atoms with van der Waals surface area (Å²) in [5.74, 6) is -0.530. The summed E-state index contributed by atoms with van der Waals surface area (Å²) in [5.41, 5.74) is 4.67. The van der Waals surface area contributed by atoms with Gasteiger partial charge in [0.25, 0.3) is 5.91 Å². The van der Waals surface area contributed by atoms with E-state index in [1.165, 1.54) is 30.3 Å². The molecule has 0 bridgehead atoms. The lowest BCUT2D eigenvalue weighted by Gasteiger charge is -2.15. The standard InChI is InChI=1S/C20H25N5O5S/c1-3-25(4-2)14-16-8-11-18(30-16)20(27)24-23-19(26)15-6-9-17(10-7-15)31(28,29)22-13-5-12-21/h6-11,22H,3-5,13-14H2,1-2H3,(H,23,26)(H,24,27). The highest BCUT2D eigenvalue weighted by molar-refractivity contribution is 7.89. The molecule has 0 atom stereocenters. The summed E-state index contributed by atoms with van der Waals surface area (Å²) in [7, 11) is -3.77. The molecule has 0 fully saturated rings. The molecule has 1 aromatic carbocycles. The van der Waals surface area contributed by atoms with Crippen LogP contribution < -0.4 is 15.6 Å². The maximum absolute atomic E-state index is 12.2. The van der Waals surface area contributed by atoms with Crippen molar-refractivity contribution in [1.82, 2.24) is 20.5 Å². The first kappa shape index (κ1) is 24.1. The van der Waals surface area contributed by atoms with Gasteiger partial charge in [0.1, 0.15) is 5.76 Å². The fraction of sp³-hybridized carbons (Fsp3) is 0.350. The lowest BCUT2D eigenvalue weighted by Crippen LogP contribution is -2.41. The molecule has 0 radical (unpaired) electrons. The largest absolute Gasteiger partial charge is 0.454 e. The fourth-order valence-electron chi connectivity index (χ4n) is 2.61. The van der Waals surface area contributed by atoms with E-state index in [1.807, 2.05) is 19.9 Å². The first-order valence-corrected chi connectivity index (χ1v) is 11.2. The second-order valence-corrected chi connectivity index (χ2v) is 8.23. The summed E-state index contributed by atoms with van der Waals surface area (Å²) in [6.07, 6.45) is 0.0477. The smallest absolute Gasteiger partial charge is 0.305 e. The van der Waals surface area contributed by atoms with Crippen molar-refractivity contribution in [3.8, 4) is 6.07 Å². The number of nitriles is 1. The van der Waals surface area contributed by atoms with E-state index < -0.39 is 21.8 Å². The van der Waals surface area contributed by atoms with Gasteiger partial charge in [-0.05, 0) is 49.5 Å². The van der Waals surface area contributed by atoms with Gasteiger partial charge < -0.3 is 4.42 Å². The minimum Gasteiger partial charge on any atom is -0.454 e. The first-order valence-electron chi connectivity index (χ1n) is 9.69. The Morgan fingerprint density at radius 2 is 1.68 bits per heavy atom. The van der Waals surface area contributed by atoms with Crippen molar-refractivity contribution >= 4 is 21.8 Å². The summed E-state index contributed by atoms with van der Waals surface area (Å²) in [6.45, 7) is 6.34. The van der Waals surface area contributed by atoms with Crippen molar-refractivity contribution in [2.24, 2.45) is 0 Å². The molecule has 2 rings (SSSR count). The maximum Gasteiger partial charge on any atom is 0.305 e. The number of hydrazine groups is 1. The quantitative estimate of drug-likeness (QED) is 0.369. The topological polar surface area (TPSA) is 145 Å². The second kappa shape index (κ2) is 11.3. The molecule has 3 N–H and O–H groups in total. The molecule has 0 saturated carbocycles. The van der Waals surface area contributed by atoms with E-state index in [-0.39, 0.29) is 29.2 Å². The Morgan fingerprint density at radius 1 is 1.03 bits per heavy atom. The van der Waals surface area contributed by atoms with Crippen LogP contribution in [0.2, 0.25) is 0 Å². The zero-order valence-electron chi connectivity index (χ0n) is 17.3. The molecule has 31 heavy (non-hydrogen) atoms. The van der Waals surface area contributed by atoms with E-state index in [9.17, 15) is 18.0 Å². The van der Waals surface area contributed by atoms with Gasteiger partial charge >= 0.3 is 5.91 Å². The average molecular weight is 448 g/mol. The lowest BCUT2D eigenvalue weighted by atomic mass is 10.2. The highest BCUT2D eigenvalue weighted by atomic mass is 32.2. The molecule has 2 aromatic rings. The van der Waals surface area contributed by atoms with Crippen molar-refractivity contribution in [1.29, 1.82) is 5.26 Å². The van der Waals surface area contributed by atoms with E-state index >= 15 is 0 Å². The van der Waals surface area contributed by atoms with Gasteiger partial charge in [-0.3, -0.25) is 25.3 Å². The van der Waals surface area contributed by atoms with Crippen molar-refractivity contribution in [3.63, 3.8) is 0 Å². The highest BCUT2D eigenvalue weighted by Gasteiger charge is 2.16. The van der Waals surface area contributed by atoms with Crippen LogP contribution in [0.5, 0.6) is 0 Å². The van der Waals surface area contributed by atoms with Crippen LogP contribution in [0, 0.1) is 11.3 Å². The monoisotopic (exact) mass is 447 g/mol. The summed E-state index contributed by atoms with van der Waals surface area (Å²) >= 11 is 0. The Kier molecular flexibility index (Phi) is 8.75. The SMILES string of the molecule is CCN(CC)Cc1ccc(C(=O)NNC(=O)c2ccc(S(=O)(=O)NCCC#N)cc2)o1. The Bertz CT molecular complexity index is 1040. The summed E-state index contributed by atoms with van der Waals surface area (Å²) in [6, 6.07) is 10.2. The predicted molar refractivity (Wildman–Crippen MR) is 112 cm³/mol. The number of carbonyl (C=O) groups excluding carboxylic acids is 2. The number of furan rings is 1. The zero-order chi connectivity index (χ0) is 22.9. The van der Waals surface area contributed by atoms with Gasteiger partial charge in [-0.15, -0.1) is 0 Å². The molecule has 1 aromatic heterocycles. The van der Waals surface area contributed by atoms with Crippen molar-refractivity contribution < 1.29 is 22.4 Å². The van der Waals surface area contributed by atoms with Gasteiger partial charge in [0, 0.05) is 18.5 Å². The van der Waals surface area contributed by atoms with E-state index in [0.717, 1.165) is 13.1 Å². The lowest BCUT2D eigenvalue weighted by molar-refractivity contribution is 0.0829. The summed E-state index contributed by atoms with van der Waals surface area (Å²) in [5, 5.41) is 8.48. The van der Waals surface area contributed by atoms with Gasteiger partial charge in [-0.2, -0.15) is 5.26 Å². The average Bonchev–Trinajstić information content (AvgIpc) is 3.24. The van der Waals surface area contributed by atoms with Crippen molar-refractivity contribution in [2.45, 2.75) is 31.7 Å². The number of carbonyl (C=O) groups is 2. The molecular formula is C20H25N5O5S. The van der Waals surface area contributed by atoms with E-state index in [0.29, 0.717) is 12.3 Å². The highest BCUT2D eigenvalue weighted by Crippen LogP contribution is 2.12. The van der Waals surface area contributed by atoms with Gasteiger partial charge in [-0.25, -0.2) is 13.1 Å². The van der Waals surface area contributed by atoms with Crippen LogP contribution in [0.25, 0.3) is 0 Å². The number of benzene rings is 1. The van der Waals surface area contributed by atoms with Gasteiger partial charge in [0.2, 0.25) is 10.0 Å². The van der Waals surface area contributed by atoms with Crippen molar-refractivity contribution in [3.05, 3.63) is 53.5 Å². The zero-order valence-corrected chi connectivity index (χ0v) is 18.2. The van der Waals surface area contributed by atoms with Crippen molar-refractivity contribution in [2.75, 3.05) is 19.6 Å². The molecule has 166 valence electrons. The molecule has 0 aliphatic carbocycles. The van der Waals surface area contributed by atoms with Gasteiger partial charge in [-0.1, -0.05) is 13.8 Å². The minimum absolute atomic E-state index is 0.00346. The molecule has 2 amide bonds. The Balaban J connectivity index is 1.92. The molecule has 0 saturated heterocycles. The number of hydrogen-bond acceptors (Lipinski definition) is 7. The van der Waals surface area contributed by atoms with Crippen LogP contribution in [-0.4, -0.2) is 44.8 Å². The van der Waals surface area contributed by atoms with E-state index in [4.69, 9.17) is 9.68 Å². The fourth-order valence-corrected chi connectivity index (χ4v) is 3.64. The maximum atomic E-state index is 12.2. The van der Waals surface area contributed by atoms with Crippen LogP contribution in [0.1, 0.15) is 46.9 Å². The third-order valence-electron chi connectivity index (χ3n) is 4.40. The molecule has 0 spiro atoms. The van der Waals surface area contributed by atoms with Crippen LogP contribution in [0.3, 0.4) is 0 Å². The Morgan fingerprint density at radius 3 is 2.29 bits per heavy atom. The van der Waals surface area contributed by atoms with E-state index in [2.05, 4.69) is 20.5 Å². The Hall–Kier alpha value is -3.20. The second-order valence-electron chi connectivity index (χ2n) is 6.47. The number of amides is 2. The Labute approximate surface area is 181 Å². The number of sulfonamides is 1. The minimum atomic E-state index is -3.77. The molecule has 11 heteroatoms. The molecule has 0 aliphatic rings. The van der Waals surface area contributed by atoms with E-state index in [1.54, 1.807) is 6.07 Å². The number of rotatable bonds is 10. The third-order valence-corrected chi connectivity index (χ3v) is 5.88. The first-order chi connectivity index (χ1) is 14.8. The van der Waals surface area contributed by atoms with Crippen LogP contribution >= 0.6 is 0 Å². The van der Waals surface area contributed by atoms with Gasteiger partial charge in [0.05, 0.1) is 17.5 Å². The molecule has 1 heterocycles. The van der Waals surface area contributed by atoms with Crippen LogP contribution in [0.15, 0.2) is 45.7 Å². The molecular weight excluding hydrogens is 422 g/mol.